The second kappa shape index (κ2) is 8.14. The molecule has 0 aromatic heterocycles. The predicted octanol–water partition coefficient (Wildman–Crippen LogP) is 7.13. The van der Waals surface area contributed by atoms with Crippen molar-refractivity contribution < 1.29 is 49.0 Å². The Hall–Kier alpha value is -2.92. The Kier molecular flexibility index (Phi) is 6.10. The maximum absolute atomic E-state index is 13.2. The first-order valence-electron chi connectivity index (χ1n) is 9.42. The number of carbonyl (C=O) groups is 1. The van der Waals surface area contributed by atoms with Gasteiger partial charge in [0, 0.05) is 6.54 Å². The second-order valence-corrected chi connectivity index (χ2v) is 7.65. The van der Waals surface area contributed by atoms with Crippen molar-refractivity contribution in [2.75, 3.05) is 0 Å². The molecule has 2 aromatic rings. The van der Waals surface area contributed by atoms with E-state index >= 15 is 0 Å². The first kappa shape index (κ1) is 24.7. The van der Waals surface area contributed by atoms with Gasteiger partial charge in [-0.15, -0.1) is 0 Å². The fourth-order valence-corrected chi connectivity index (χ4v) is 3.50. The number of nitrogens with zero attached hydrogens (tertiary/aromatic N) is 1. The Morgan fingerprint density at radius 1 is 0.818 bits per heavy atom. The minimum atomic E-state index is -5.09. The number of ether oxygens (including phenoxy) is 1. The summed E-state index contributed by atoms with van der Waals surface area (Å²) >= 11 is 0. The van der Waals surface area contributed by atoms with Crippen LogP contribution in [0.25, 0.3) is 0 Å². The van der Waals surface area contributed by atoms with Crippen LogP contribution in [0.2, 0.25) is 0 Å². The van der Waals surface area contributed by atoms with Gasteiger partial charge in [0.2, 0.25) is 0 Å². The van der Waals surface area contributed by atoms with E-state index in [1.165, 1.54) is 19.9 Å². The van der Waals surface area contributed by atoms with Crippen molar-refractivity contribution in [3.63, 3.8) is 0 Å². The van der Waals surface area contributed by atoms with Crippen LogP contribution < -0.4 is 0 Å². The van der Waals surface area contributed by atoms with Crippen LogP contribution in [-0.2, 0) is 29.8 Å². The molecule has 0 radical (unpaired) electrons. The molecule has 12 heteroatoms. The summed E-state index contributed by atoms with van der Waals surface area (Å²) in [5.41, 5.74) is -4.11. The summed E-state index contributed by atoms with van der Waals surface area (Å²) in [6.07, 6.45) is -17.4. The van der Waals surface area contributed by atoms with Crippen molar-refractivity contribution in [2.45, 2.75) is 51.1 Å². The molecule has 1 aliphatic heterocycles. The van der Waals surface area contributed by atoms with E-state index in [1.54, 1.807) is 0 Å². The molecule has 3 nitrogen and oxygen atoms in total. The fraction of sp³-hybridized carbons (Fsp3) is 0.381. The predicted molar refractivity (Wildman–Crippen MR) is 96.9 cm³/mol. The highest BCUT2D eigenvalue weighted by atomic mass is 19.4. The number of benzene rings is 2. The van der Waals surface area contributed by atoms with Crippen LogP contribution in [-0.4, -0.2) is 17.0 Å². The number of hydrogen-bond donors (Lipinski definition) is 0. The minimum absolute atomic E-state index is 0.0469. The Bertz CT molecular complexity index is 1020. The van der Waals surface area contributed by atoms with E-state index < -0.39 is 59.0 Å². The third-order valence-electron chi connectivity index (χ3n) is 5.35. The van der Waals surface area contributed by atoms with E-state index in [2.05, 4.69) is 0 Å². The van der Waals surface area contributed by atoms with E-state index in [4.69, 9.17) is 4.74 Å². The van der Waals surface area contributed by atoms with Crippen LogP contribution >= 0.6 is 0 Å². The number of rotatable bonds is 3. The minimum Gasteiger partial charge on any atom is -0.439 e. The molecule has 1 amide bonds. The summed E-state index contributed by atoms with van der Waals surface area (Å²) in [4.78, 5) is 13.3. The van der Waals surface area contributed by atoms with E-state index in [9.17, 15) is 44.3 Å². The number of carbonyl (C=O) groups excluding carboxylic acids is 1. The van der Waals surface area contributed by atoms with Gasteiger partial charge in [0.1, 0.15) is 6.10 Å². The molecule has 1 aliphatic rings. The zero-order valence-electron chi connectivity index (χ0n) is 17.0. The van der Waals surface area contributed by atoms with Crippen molar-refractivity contribution in [3.05, 3.63) is 69.8 Å². The standard InChI is InChI=1S/C21H16F9NO2/c1-10-3-4-14(19(22,23)24)7-13(10)9-31-11(2)17(33-18(31)32)12-5-15(20(25,26)27)8-16(6-12)21(28,29)30/h3-8,11,17H,9H2,1-2H3/t11-,17-/m0/s1. The van der Waals surface area contributed by atoms with E-state index in [-0.39, 0.29) is 18.2 Å². The van der Waals surface area contributed by atoms with Crippen molar-refractivity contribution in [1.82, 2.24) is 4.90 Å². The maximum atomic E-state index is 13.2. The fourth-order valence-electron chi connectivity index (χ4n) is 3.50. The molecule has 1 saturated heterocycles. The lowest BCUT2D eigenvalue weighted by Gasteiger charge is -2.23. The highest BCUT2D eigenvalue weighted by molar-refractivity contribution is 5.71. The lowest BCUT2D eigenvalue weighted by Crippen LogP contribution is -2.32. The van der Waals surface area contributed by atoms with Crippen molar-refractivity contribution in [3.8, 4) is 0 Å². The third kappa shape index (κ3) is 5.19. The van der Waals surface area contributed by atoms with Gasteiger partial charge in [-0.2, -0.15) is 39.5 Å². The highest BCUT2D eigenvalue weighted by Gasteiger charge is 2.43. The quantitative estimate of drug-likeness (QED) is 0.433. The first-order valence-corrected chi connectivity index (χ1v) is 9.42. The first-order chi connectivity index (χ1) is 15.0. The Morgan fingerprint density at radius 3 is 1.82 bits per heavy atom. The van der Waals surface area contributed by atoms with Gasteiger partial charge in [0.05, 0.1) is 22.7 Å². The lowest BCUT2D eigenvalue weighted by molar-refractivity contribution is -0.143. The molecule has 33 heavy (non-hydrogen) atoms. The molecule has 1 fully saturated rings. The van der Waals surface area contributed by atoms with Gasteiger partial charge in [0.25, 0.3) is 0 Å². The highest BCUT2D eigenvalue weighted by Crippen LogP contribution is 2.41. The van der Waals surface area contributed by atoms with Crippen LogP contribution in [0.15, 0.2) is 36.4 Å². The van der Waals surface area contributed by atoms with Gasteiger partial charge in [-0.25, -0.2) is 4.79 Å². The number of hydrogen-bond acceptors (Lipinski definition) is 2. The van der Waals surface area contributed by atoms with E-state index in [1.807, 2.05) is 0 Å². The van der Waals surface area contributed by atoms with Crippen molar-refractivity contribution >= 4 is 6.09 Å². The molecule has 0 saturated carbocycles. The maximum Gasteiger partial charge on any atom is 0.416 e. The molecule has 1 heterocycles. The summed E-state index contributed by atoms with van der Waals surface area (Å²) in [6, 6.07) is 2.70. The molecule has 180 valence electrons. The molecule has 2 aromatic carbocycles. The lowest BCUT2D eigenvalue weighted by atomic mass is 9.97. The normalized spacial score (nSPS) is 19.7. The SMILES string of the molecule is Cc1ccc(C(F)(F)F)cc1CN1C(=O)O[C@H](c2cc(C(F)(F)F)cc(C(F)(F)F)c2)[C@@H]1C. The molecule has 0 unspecified atom stereocenters. The van der Waals surface area contributed by atoms with Crippen LogP contribution in [0.5, 0.6) is 0 Å². The van der Waals surface area contributed by atoms with Gasteiger partial charge in [-0.05, 0) is 60.9 Å². The van der Waals surface area contributed by atoms with Crippen LogP contribution in [0.4, 0.5) is 44.3 Å². The smallest absolute Gasteiger partial charge is 0.416 e. The summed E-state index contributed by atoms with van der Waals surface area (Å²) in [5, 5.41) is 0. The average Bonchev–Trinajstić information content (AvgIpc) is 2.95. The zero-order valence-corrected chi connectivity index (χ0v) is 17.0. The van der Waals surface area contributed by atoms with Gasteiger partial charge < -0.3 is 4.74 Å². The summed E-state index contributed by atoms with van der Waals surface area (Å²) in [5.74, 6) is 0. The number of cyclic esters (lactones) is 1. The van der Waals surface area contributed by atoms with Crippen molar-refractivity contribution in [2.24, 2.45) is 0 Å². The second-order valence-electron chi connectivity index (χ2n) is 7.65. The molecule has 0 N–H and O–H groups in total. The molecule has 2 atom stereocenters. The Balaban J connectivity index is 1.96. The van der Waals surface area contributed by atoms with E-state index in [0.29, 0.717) is 17.7 Å². The molecular weight excluding hydrogens is 469 g/mol. The number of aryl methyl sites for hydroxylation is 1. The molecule has 0 spiro atoms. The van der Waals surface area contributed by atoms with Crippen molar-refractivity contribution in [1.29, 1.82) is 0 Å². The van der Waals surface area contributed by atoms with Crippen LogP contribution in [0, 0.1) is 6.92 Å². The molecule has 3 rings (SSSR count). The number of amides is 1. The van der Waals surface area contributed by atoms with Gasteiger partial charge >= 0.3 is 24.6 Å². The van der Waals surface area contributed by atoms with E-state index in [0.717, 1.165) is 17.0 Å². The van der Waals surface area contributed by atoms with Crippen LogP contribution in [0.1, 0.15) is 46.4 Å². The third-order valence-corrected chi connectivity index (χ3v) is 5.35. The summed E-state index contributed by atoms with van der Waals surface area (Å²) in [6.45, 7) is 2.45. The average molecular weight is 485 g/mol. The van der Waals surface area contributed by atoms with Gasteiger partial charge in [0.15, 0.2) is 0 Å². The summed E-state index contributed by atoms with van der Waals surface area (Å²) < 4.78 is 123. The Morgan fingerprint density at radius 2 is 1.33 bits per heavy atom. The largest absolute Gasteiger partial charge is 0.439 e. The molecule has 0 bridgehead atoms. The summed E-state index contributed by atoms with van der Waals surface area (Å²) in [7, 11) is 0. The molecular formula is C21H16F9NO2. The number of halogens is 9. The Labute approximate surface area is 181 Å². The van der Waals surface area contributed by atoms with Crippen LogP contribution in [0.3, 0.4) is 0 Å². The van der Waals surface area contributed by atoms with Gasteiger partial charge in [-0.3, -0.25) is 4.90 Å². The molecule has 0 aliphatic carbocycles. The monoisotopic (exact) mass is 485 g/mol. The zero-order chi connectivity index (χ0) is 24.9. The van der Waals surface area contributed by atoms with Gasteiger partial charge in [-0.1, -0.05) is 6.07 Å². The topological polar surface area (TPSA) is 29.5 Å². The number of alkyl halides is 9.